The number of rotatable bonds is 3. The van der Waals surface area contributed by atoms with Crippen LogP contribution in [0.2, 0.25) is 0 Å². The third-order valence-corrected chi connectivity index (χ3v) is 4.36. The van der Waals surface area contributed by atoms with Crippen molar-refractivity contribution in [2.24, 2.45) is 5.41 Å². The van der Waals surface area contributed by atoms with Gasteiger partial charge in [0.15, 0.2) is 0 Å². The Bertz CT molecular complexity index is 337. The number of nitrogens with zero attached hydrogens (tertiary/aromatic N) is 1. The minimum atomic E-state index is -0.719. The third kappa shape index (κ3) is 2.36. The normalized spacial score (nSPS) is 24.3. The van der Waals surface area contributed by atoms with E-state index < -0.39 is 6.04 Å². The molecule has 2 aliphatic rings. The quantitative estimate of drug-likeness (QED) is 0.760. The van der Waals surface area contributed by atoms with E-state index in [0.717, 1.165) is 12.8 Å². The largest absolute Gasteiger partial charge is 0.394 e. The molecule has 1 aliphatic heterocycles. The fraction of sp³-hybridized carbons (Fsp3) is 0.846. The molecule has 2 amide bonds. The summed E-state index contributed by atoms with van der Waals surface area (Å²) < 4.78 is 0. The molecule has 0 unspecified atom stereocenters. The van der Waals surface area contributed by atoms with Crippen LogP contribution in [0.5, 0.6) is 0 Å². The number of aliphatic hydroxyl groups is 1. The lowest BCUT2D eigenvalue weighted by molar-refractivity contribution is -0.138. The fourth-order valence-electron chi connectivity index (χ4n) is 3.34. The first-order chi connectivity index (χ1) is 8.62. The molecule has 0 radical (unpaired) electrons. The topological polar surface area (TPSA) is 69.6 Å². The third-order valence-electron chi connectivity index (χ3n) is 4.36. The van der Waals surface area contributed by atoms with Crippen LogP contribution in [0.1, 0.15) is 38.5 Å². The highest BCUT2D eigenvalue weighted by molar-refractivity contribution is 5.89. The lowest BCUT2D eigenvalue weighted by atomic mass is 9.73. The molecule has 2 N–H and O–H groups in total. The molecule has 2 fully saturated rings. The van der Waals surface area contributed by atoms with Gasteiger partial charge in [0.05, 0.1) is 6.61 Å². The maximum Gasteiger partial charge on any atom is 0.244 e. The molecule has 102 valence electrons. The summed E-state index contributed by atoms with van der Waals surface area (Å²) in [6, 6.07) is -0.719. The maximum atomic E-state index is 12.1. The number of likely N-dealkylation sites (N-methyl/N-ethyl adjacent to an activating group) is 1. The molecule has 0 aromatic heterocycles. The first-order valence-electron chi connectivity index (χ1n) is 6.74. The van der Waals surface area contributed by atoms with Crippen molar-refractivity contribution in [1.29, 1.82) is 0 Å². The Hall–Kier alpha value is -1.10. The van der Waals surface area contributed by atoms with Crippen LogP contribution in [-0.2, 0) is 9.59 Å². The van der Waals surface area contributed by atoms with E-state index >= 15 is 0 Å². The maximum absolute atomic E-state index is 12.1. The van der Waals surface area contributed by atoms with Gasteiger partial charge >= 0.3 is 0 Å². The molecule has 1 heterocycles. The highest BCUT2D eigenvalue weighted by atomic mass is 16.3. The Kier molecular flexibility index (Phi) is 3.90. The van der Waals surface area contributed by atoms with Crippen LogP contribution in [0.25, 0.3) is 0 Å². The van der Waals surface area contributed by atoms with Crippen LogP contribution in [-0.4, -0.2) is 48.1 Å². The van der Waals surface area contributed by atoms with Gasteiger partial charge in [0.2, 0.25) is 11.8 Å². The van der Waals surface area contributed by atoms with E-state index in [0.29, 0.717) is 13.0 Å². The van der Waals surface area contributed by atoms with Crippen molar-refractivity contribution in [3.05, 3.63) is 0 Å². The molecular formula is C13H22N2O3. The Balaban J connectivity index is 2.10. The number of carbonyl (C=O) groups is 2. The number of carbonyl (C=O) groups excluding carboxylic acids is 2. The minimum absolute atomic E-state index is 0.0135. The zero-order valence-corrected chi connectivity index (χ0v) is 10.9. The average Bonchev–Trinajstić information content (AvgIpc) is 2.68. The summed E-state index contributed by atoms with van der Waals surface area (Å²) in [6.07, 6.45) is 6.27. The van der Waals surface area contributed by atoms with Crippen molar-refractivity contribution in [1.82, 2.24) is 10.2 Å². The van der Waals surface area contributed by atoms with Gasteiger partial charge in [-0.2, -0.15) is 0 Å². The smallest absolute Gasteiger partial charge is 0.244 e. The van der Waals surface area contributed by atoms with Gasteiger partial charge in [0.25, 0.3) is 0 Å². The van der Waals surface area contributed by atoms with Gasteiger partial charge in [0, 0.05) is 20.0 Å². The molecule has 0 aromatic rings. The van der Waals surface area contributed by atoms with E-state index in [1.165, 1.54) is 26.3 Å². The highest BCUT2D eigenvalue weighted by Gasteiger charge is 2.46. The second-order valence-electron chi connectivity index (χ2n) is 5.57. The van der Waals surface area contributed by atoms with E-state index in [9.17, 15) is 14.7 Å². The molecule has 1 atom stereocenters. The summed E-state index contributed by atoms with van der Waals surface area (Å²) in [7, 11) is 1.53. The molecule has 0 bridgehead atoms. The number of nitrogens with one attached hydrogen (secondary N) is 1. The second kappa shape index (κ2) is 5.26. The molecular weight excluding hydrogens is 232 g/mol. The molecule has 1 saturated heterocycles. The Labute approximate surface area is 108 Å². The van der Waals surface area contributed by atoms with Crippen molar-refractivity contribution in [3.63, 3.8) is 0 Å². The summed E-state index contributed by atoms with van der Waals surface area (Å²) >= 11 is 0. The van der Waals surface area contributed by atoms with Crippen molar-refractivity contribution >= 4 is 11.8 Å². The second-order valence-corrected chi connectivity index (χ2v) is 5.57. The van der Waals surface area contributed by atoms with Crippen LogP contribution in [0.15, 0.2) is 0 Å². The number of aliphatic hydroxyl groups excluding tert-OH is 1. The number of amides is 2. The number of hydrogen-bond donors (Lipinski definition) is 2. The Morgan fingerprint density at radius 2 is 2.11 bits per heavy atom. The molecule has 1 saturated carbocycles. The molecule has 1 spiro atoms. The monoisotopic (exact) mass is 254 g/mol. The van der Waals surface area contributed by atoms with Gasteiger partial charge in [0.1, 0.15) is 6.04 Å². The summed E-state index contributed by atoms with van der Waals surface area (Å²) in [6.45, 7) is 0.325. The van der Waals surface area contributed by atoms with Crippen molar-refractivity contribution in [2.75, 3.05) is 20.2 Å². The molecule has 5 heteroatoms. The van der Waals surface area contributed by atoms with Gasteiger partial charge in [-0.05, 0) is 18.3 Å². The van der Waals surface area contributed by atoms with Crippen LogP contribution >= 0.6 is 0 Å². The molecule has 1 aliphatic carbocycles. The van der Waals surface area contributed by atoms with E-state index in [-0.39, 0.29) is 23.8 Å². The Morgan fingerprint density at radius 1 is 1.44 bits per heavy atom. The number of likely N-dealkylation sites (tertiary alicyclic amines) is 1. The summed E-state index contributed by atoms with van der Waals surface area (Å²) in [4.78, 5) is 25.4. The van der Waals surface area contributed by atoms with Gasteiger partial charge in [-0.1, -0.05) is 19.3 Å². The molecule has 0 aromatic carbocycles. The zero-order chi connectivity index (χ0) is 13.2. The van der Waals surface area contributed by atoms with Crippen LogP contribution in [0.4, 0.5) is 0 Å². The Morgan fingerprint density at radius 3 is 2.67 bits per heavy atom. The molecule has 2 rings (SSSR count). The van der Waals surface area contributed by atoms with Crippen molar-refractivity contribution < 1.29 is 14.7 Å². The first-order valence-corrected chi connectivity index (χ1v) is 6.74. The van der Waals surface area contributed by atoms with Crippen LogP contribution in [0.3, 0.4) is 0 Å². The minimum Gasteiger partial charge on any atom is -0.394 e. The van der Waals surface area contributed by atoms with E-state index in [1.807, 2.05) is 0 Å². The van der Waals surface area contributed by atoms with Gasteiger partial charge < -0.3 is 15.3 Å². The van der Waals surface area contributed by atoms with Gasteiger partial charge in [-0.25, -0.2) is 0 Å². The van der Waals surface area contributed by atoms with Gasteiger partial charge in [-0.15, -0.1) is 0 Å². The average molecular weight is 254 g/mol. The van der Waals surface area contributed by atoms with E-state index in [2.05, 4.69) is 5.32 Å². The SMILES string of the molecule is CNC(=O)[C@H](CO)N1CC2(CCCCC2)CC1=O. The van der Waals surface area contributed by atoms with E-state index in [4.69, 9.17) is 0 Å². The van der Waals surface area contributed by atoms with Gasteiger partial charge in [-0.3, -0.25) is 9.59 Å². The lowest BCUT2D eigenvalue weighted by Gasteiger charge is -2.33. The first kappa shape index (κ1) is 13.3. The number of hydrogen-bond acceptors (Lipinski definition) is 3. The van der Waals surface area contributed by atoms with E-state index in [1.54, 1.807) is 4.90 Å². The summed E-state index contributed by atoms with van der Waals surface area (Å²) in [5.74, 6) is -0.266. The highest BCUT2D eigenvalue weighted by Crippen LogP contribution is 2.44. The lowest BCUT2D eigenvalue weighted by Crippen LogP contribution is -2.49. The molecule has 18 heavy (non-hydrogen) atoms. The predicted molar refractivity (Wildman–Crippen MR) is 66.8 cm³/mol. The summed E-state index contributed by atoms with van der Waals surface area (Å²) in [5.41, 5.74) is 0.0662. The fourth-order valence-corrected chi connectivity index (χ4v) is 3.34. The molecule has 5 nitrogen and oxygen atoms in total. The predicted octanol–water partition coefficient (Wildman–Crippen LogP) is 0.276. The summed E-state index contributed by atoms with van der Waals surface area (Å²) in [5, 5.41) is 11.8. The van der Waals surface area contributed by atoms with Crippen LogP contribution < -0.4 is 5.32 Å². The van der Waals surface area contributed by atoms with Crippen molar-refractivity contribution in [3.8, 4) is 0 Å². The van der Waals surface area contributed by atoms with Crippen LogP contribution in [0, 0.1) is 5.41 Å². The zero-order valence-electron chi connectivity index (χ0n) is 10.9. The standard InChI is InChI=1S/C13H22N2O3/c1-14-12(18)10(8-16)15-9-13(7-11(15)17)5-3-2-4-6-13/h10,16H,2-9H2,1H3,(H,14,18)/t10-/m0/s1. The van der Waals surface area contributed by atoms with Crippen molar-refractivity contribution in [2.45, 2.75) is 44.6 Å².